The lowest BCUT2D eigenvalue weighted by Gasteiger charge is -2.34. The highest BCUT2D eigenvalue weighted by Crippen LogP contribution is 2.29. The number of carbonyl (C=O) groups is 2. The fraction of sp³-hybridized carbons (Fsp3) is 0.500. The minimum Gasteiger partial charge on any atom is -0.480 e. The molecule has 1 saturated carbocycles. The van der Waals surface area contributed by atoms with Gasteiger partial charge < -0.3 is 15.5 Å². The van der Waals surface area contributed by atoms with Gasteiger partial charge >= 0.3 is 5.97 Å². The van der Waals surface area contributed by atoms with Crippen molar-refractivity contribution in [3.8, 4) is 0 Å². The third-order valence-corrected chi connectivity index (χ3v) is 4.11. The smallest absolute Gasteiger partial charge is 0.329 e. The first-order chi connectivity index (χ1) is 10.4. The van der Waals surface area contributed by atoms with E-state index < -0.39 is 29.3 Å². The number of halogens is 1. The molecule has 1 aliphatic rings. The van der Waals surface area contributed by atoms with E-state index in [-0.39, 0.29) is 6.42 Å². The van der Waals surface area contributed by atoms with Crippen molar-refractivity contribution in [1.29, 1.82) is 0 Å². The number of hydrogen-bond acceptors (Lipinski definition) is 3. The summed E-state index contributed by atoms with van der Waals surface area (Å²) < 4.78 is 13.1. The zero-order valence-corrected chi connectivity index (χ0v) is 12.2. The molecular formula is C16H20FNO4. The maximum absolute atomic E-state index is 13.1. The van der Waals surface area contributed by atoms with Gasteiger partial charge in [0.15, 0.2) is 0 Å². The van der Waals surface area contributed by atoms with Crippen LogP contribution in [0.1, 0.15) is 50.2 Å². The Balaban J connectivity index is 2.00. The van der Waals surface area contributed by atoms with Crippen LogP contribution in [0.25, 0.3) is 0 Å². The fourth-order valence-corrected chi connectivity index (χ4v) is 2.87. The molecule has 0 saturated heterocycles. The van der Waals surface area contributed by atoms with E-state index in [9.17, 15) is 24.2 Å². The summed E-state index contributed by atoms with van der Waals surface area (Å²) in [7, 11) is 0. The third kappa shape index (κ3) is 3.82. The van der Waals surface area contributed by atoms with E-state index >= 15 is 0 Å². The summed E-state index contributed by atoms with van der Waals surface area (Å²) in [6, 6.07) is 5.38. The number of amides is 1. The molecule has 1 aromatic rings. The number of aliphatic hydroxyl groups excluding tert-OH is 1. The summed E-state index contributed by atoms with van der Waals surface area (Å²) in [5, 5.41) is 21.9. The molecule has 0 aliphatic heterocycles. The second-order valence-corrected chi connectivity index (χ2v) is 5.77. The quantitative estimate of drug-likeness (QED) is 0.778. The molecule has 120 valence electrons. The highest BCUT2D eigenvalue weighted by Gasteiger charge is 2.41. The second-order valence-electron chi connectivity index (χ2n) is 5.77. The lowest BCUT2D eigenvalue weighted by atomic mass is 9.81. The molecule has 0 spiro atoms. The molecule has 22 heavy (non-hydrogen) atoms. The molecule has 1 fully saturated rings. The van der Waals surface area contributed by atoms with Gasteiger partial charge in [-0.25, -0.2) is 9.18 Å². The molecule has 0 radical (unpaired) electrons. The number of aliphatic carboxylic acids is 1. The number of carbonyl (C=O) groups excluding carboxylic acids is 1. The van der Waals surface area contributed by atoms with Crippen LogP contribution in [0.4, 0.5) is 4.39 Å². The Bertz CT molecular complexity index is 555. The van der Waals surface area contributed by atoms with Crippen molar-refractivity contribution in [2.24, 2.45) is 0 Å². The first-order valence-electron chi connectivity index (χ1n) is 7.41. The molecule has 1 aromatic carbocycles. The van der Waals surface area contributed by atoms with E-state index in [1.807, 2.05) is 0 Å². The largest absolute Gasteiger partial charge is 0.480 e. The molecule has 5 nitrogen and oxygen atoms in total. The lowest BCUT2D eigenvalue weighted by Crippen LogP contribution is -2.55. The third-order valence-electron chi connectivity index (χ3n) is 4.11. The summed E-state index contributed by atoms with van der Waals surface area (Å²) >= 11 is 0. The van der Waals surface area contributed by atoms with Gasteiger partial charge in [-0.2, -0.15) is 0 Å². The molecule has 0 bridgehead atoms. The summed E-state index contributed by atoms with van der Waals surface area (Å²) in [6.45, 7) is 0. The second kappa shape index (κ2) is 6.87. The predicted molar refractivity (Wildman–Crippen MR) is 77.6 cm³/mol. The first kappa shape index (κ1) is 16.4. The zero-order chi connectivity index (χ0) is 16.2. The van der Waals surface area contributed by atoms with E-state index in [1.165, 1.54) is 18.2 Å². The Hall–Kier alpha value is -1.95. The maximum atomic E-state index is 13.1. The van der Waals surface area contributed by atoms with Crippen LogP contribution in [0.5, 0.6) is 0 Å². The first-order valence-corrected chi connectivity index (χ1v) is 7.41. The summed E-state index contributed by atoms with van der Waals surface area (Å²) in [5.74, 6) is -2.08. The Morgan fingerprint density at radius 1 is 1.27 bits per heavy atom. The van der Waals surface area contributed by atoms with Crippen molar-refractivity contribution < 1.29 is 24.2 Å². The van der Waals surface area contributed by atoms with Crippen molar-refractivity contribution in [2.45, 2.75) is 50.2 Å². The molecule has 0 aromatic heterocycles. The van der Waals surface area contributed by atoms with Crippen LogP contribution in [0.2, 0.25) is 0 Å². The van der Waals surface area contributed by atoms with Gasteiger partial charge in [0.05, 0.1) is 12.5 Å². The molecule has 1 aliphatic carbocycles. The van der Waals surface area contributed by atoms with E-state index in [4.69, 9.17) is 0 Å². The summed E-state index contributed by atoms with van der Waals surface area (Å²) in [5.41, 5.74) is -0.944. The molecule has 1 unspecified atom stereocenters. The van der Waals surface area contributed by atoms with Gasteiger partial charge in [-0.3, -0.25) is 4.79 Å². The minimum absolute atomic E-state index is 0.293. The molecule has 1 atom stereocenters. The number of aliphatic hydroxyl groups is 1. The van der Waals surface area contributed by atoms with Gasteiger partial charge in [-0.1, -0.05) is 31.4 Å². The van der Waals surface area contributed by atoms with E-state index in [2.05, 4.69) is 5.32 Å². The monoisotopic (exact) mass is 309 g/mol. The van der Waals surface area contributed by atoms with E-state index in [1.54, 1.807) is 0 Å². The van der Waals surface area contributed by atoms with Gasteiger partial charge in [-0.15, -0.1) is 0 Å². The summed E-state index contributed by atoms with van der Waals surface area (Å²) in [6.07, 6.45) is 1.78. The van der Waals surface area contributed by atoms with Gasteiger partial charge in [0.25, 0.3) is 0 Å². The van der Waals surface area contributed by atoms with Gasteiger partial charge in [0.1, 0.15) is 11.4 Å². The Kier molecular flexibility index (Phi) is 5.13. The Morgan fingerprint density at radius 2 is 1.95 bits per heavy atom. The molecular weight excluding hydrogens is 289 g/mol. The van der Waals surface area contributed by atoms with Crippen molar-refractivity contribution in [3.63, 3.8) is 0 Å². The van der Waals surface area contributed by atoms with Gasteiger partial charge in [-0.05, 0) is 30.5 Å². The fourth-order valence-electron chi connectivity index (χ4n) is 2.87. The standard InChI is InChI=1S/C16H20FNO4/c17-12-6-4-5-11(9-12)13(19)10-14(20)18-16(15(21)22)7-2-1-3-8-16/h4-6,9,13,19H,1-3,7-8,10H2,(H,18,20)(H,21,22). The number of nitrogens with one attached hydrogen (secondary N) is 1. The number of hydrogen-bond donors (Lipinski definition) is 3. The topological polar surface area (TPSA) is 86.6 Å². The molecule has 1 amide bonds. The van der Waals surface area contributed by atoms with Crippen molar-refractivity contribution in [3.05, 3.63) is 35.6 Å². The number of benzene rings is 1. The zero-order valence-electron chi connectivity index (χ0n) is 12.2. The maximum Gasteiger partial charge on any atom is 0.329 e. The molecule has 0 heterocycles. The van der Waals surface area contributed by atoms with Crippen LogP contribution in [-0.2, 0) is 9.59 Å². The number of carboxylic acids is 1. The summed E-state index contributed by atoms with van der Waals surface area (Å²) in [4.78, 5) is 23.5. The van der Waals surface area contributed by atoms with Crippen LogP contribution in [0.3, 0.4) is 0 Å². The Labute approximate surface area is 128 Å². The minimum atomic E-state index is -1.24. The molecule has 3 N–H and O–H groups in total. The van der Waals surface area contributed by atoms with Crippen LogP contribution >= 0.6 is 0 Å². The van der Waals surface area contributed by atoms with Crippen LogP contribution < -0.4 is 5.32 Å². The van der Waals surface area contributed by atoms with Crippen molar-refractivity contribution >= 4 is 11.9 Å². The highest BCUT2D eigenvalue weighted by atomic mass is 19.1. The average Bonchev–Trinajstić information content (AvgIpc) is 2.47. The Morgan fingerprint density at radius 3 is 2.55 bits per heavy atom. The van der Waals surface area contributed by atoms with Crippen molar-refractivity contribution in [1.82, 2.24) is 5.32 Å². The SMILES string of the molecule is O=C(CC(O)c1cccc(F)c1)NC1(C(=O)O)CCCCC1. The normalized spacial score (nSPS) is 18.5. The number of carboxylic acid groups (broad SMARTS) is 1. The van der Waals surface area contributed by atoms with E-state index in [0.29, 0.717) is 18.4 Å². The van der Waals surface area contributed by atoms with Crippen LogP contribution in [0.15, 0.2) is 24.3 Å². The van der Waals surface area contributed by atoms with Gasteiger partial charge in [0, 0.05) is 0 Å². The number of rotatable bonds is 5. The van der Waals surface area contributed by atoms with Gasteiger partial charge in [0.2, 0.25) is 5.91 Å². The highest BCUT2D eigenvalue weighted by molar-refractivity contribution is 5.87. The van der Waals surface area contributed by atoms with Crippen LogP contribution in [0, 0.1) is 5.82 Å². The van der Waals surface area contributed by atoms with E-state index in [0.717, 1.165) is 25.3 Å². The predicted octanol–water partition coefficient (Wildman–Crippen LogP) is 2.15. The van der Waals surface area contributed by atoms with Crippen LogP contribution in [-0.4, -0.2) is 27.6 Å². The molecule has 6 heteroatoms. The average molecular weight is 309 g/mol. The molecule has 2 rings (SSSR count). The van der Waals surface area contributed by atoms with Crippen molar-refractivity contribution in [2.75, 3.05) is 0 Å². The lowest BCUT2D eigenvalue weighted by molar-refractivity contribution is -0.149.